The number of aromatic nitrogens is 1. The molecule has 0 aliphatic carbocycles. The smallest absolute Gasteiger partial charge is 0.317 e. The van der Waals surface area contributed by atoms with E-state index in [0.717, 1.165) is 10.0 Å². The molecule has 0 spiro atoms. The molecule has 0 fully saturated rings. The molecule has 0 aliphatic heterocycles. The fourth-order valence-electron chi connectivity index (χ4n) is 2.06. The molecule has 138 valence electrons. The molecular formula is C18H19BrClN3O3. The van der Waals surface area contributed by atoms with Crippen LogP contribution in [0.15, 0.2) is 47.1 Å². The van der Waals surface area contributed by atoms with Crippen LogP contribution in [0.4, 0.5) is 4.79 Å². The van der Waals surface area contributed by atoms with Gasteiger partial charge in [0.15, 0.2) is 0 Å². The van der Waals surface area contributed by atoms with Crippen molar-refractivity contribution in [3.05, 3.63) is 63.3 Å². The summed E-state index contributed by atoms with van der Waals surface area (Å²) in [5, 5.41) is 3.37. The first-order valence-electron chi connectivity index (χ1n) is 7.94. The molecular weight excluding hydrogens is 422 g/mol. The fraction of sp³-hybridized carbons (Fsp3) is 0.278. The first-order valence-corrected chi connectivity index (χ1v) is 9.11. The highest BCUT2D eigenvalue weighted by Gasteiger charge is 2.11. The standard InChI is InChI=1S/C18H19BrClN3O3/c1-23(18(25)22-11-13-4-2-3-5-16(13)20)8-9-26-17(24)10-15-7-6-14(19)12-21-15/h2-7,12H,8-11H2,1H3,(H,22,25). The molecule has 0 atom stereocenters. The molecule has 0 bridgehead atoms. The van der Waals surface area contributed by atoms with Crippen molar-refractivity contribution in [2.24, 2.45) is 0 Å². The number of likely N-dealkylation sites (N-methyl/N-ethyl adjacent to an activating group) is 1. The van der Waals surface area contributed by atoms with Crippen LogP contribution < -0.4 is 5.32 Å². The summed E-state index contributed by atoms with van der Waals surface area (Å²) in [6.07, 6.45) is 1.72. The summed E-state index contributed by atoms with van der Waals surface area (Å²) in [6, 6.07) is 10.6. The lowest BCUT2D eigenvalue weighted by atomic mass is 10.2. The average molecular weight is 441 g/mol. The minimum Gasteiger partial charge on any atom is -0.464 e. The Hall–Kier alpha value is -2.12. The molecule has 1 heterocycles. The second-order valence-electron chi connectivity index (χ2n) is 5.54. The molecule has 0 aliphatic rings. The Morgan fingerprint density at radius 3 is 2.73 bits per heavy atom. The number of esters is 1. The second-order valence-corrected chi connectivity index (χ2v) is 6.86. The van der Waals surface area contributed by atoms with E-state index in [-0.39, 0.29) is 31.6 Å². The zero-order chi connectivity index (χ0) is 18.9. The van der Waals surface area contributed by atoms with Crippen LogP contribution >= 0.6 is 27.5 Å². The highest BCUT2D eigenvalue weighted by atomic mass is 79.9. The number of halogens is 2. The first-order chi connectivity index (χ1) is 12.5. The van der Waals surface area contributed by atoms with Gasteiger partial charge < -0.3 is 15.0 Å². The number of benzene rings is 1. The summed E-state index contributed by atoms with van der Waals surface area (Å²) in [6.45, 7) is 0.733. The van der Waals surface area contributed by atoms with Crippen LogP contribution in [0.1, 0.15) is 11.3 Å². The zero-order valence-electron chi connectivity index (χ0n) is 14.2. The Balaban J connectivity index is 1.68. The summed E-state index contributed by atoms with van der Waals surface area (Å²) >= 11 is 9.34. The predicted molar refractivity (Wildman–Crippen MR) is 103 cm³/mol. The van der Waals surface area contributed by atoms with E-state index in [1.165, 1.54) is 4.90 Å². The number of carbonyl (C=O) groups excluding carboxylic acids is 2. The van der Waals surface area contributed by atoms with Crippen LogP contribution in [0, 0.1) is 0 Å². The summed E-state index contributed by atoms with van der Waals surface area (Å²) in [5.74, 6) is -0.385. The lowest BCUT2D eigenvalue weighted by Crippen LogP contribution is -2.39. The van der Waals surface area contributed by atoms with Gasteiger partial charge in [0.05, 0.1) is 18.7 Å². The zero-order valence-corrected chi connectivity index (χ0v) is 16.6. The number of amides is 2. The van der Waals surface area contributed by atoms with Crippen LogP contribution in [0.3, 0.4) is 0 Å². The van der Waals surface area contributed by atoms with Gasteiger partial charge in [0.2, 0.25) is 0 Å². The Morgan fingerprint density at radius 1 is 1.27 bits per heavy atom. The van der Waals surface area contributed by atoms with E-state index in [1.807, 2.05) is 24.3 Å². The minimum atomic E-state index is -0.385. The van der Waals surface area contributed by atoms with Crippen molar-refractivity contribution in [2.75, 3.05) is 20.2 Å². The Kier molecular flexibility index (Phi) is 7.87. The highest BCUT2D eigenvalue weighted by Crippen LogP contribution is 2.14. The van der Waals surface area contributed by atoms with E-state index in [1.54, 1.807) is 25.4 Å². The maximum atomic E-state index is 12.0. The number of pyridine rings is 1. The van der Waals surface area contributed by atoms with Crippen LogP contribution in [0.5, 0.6) is 0 Å². The summed E-state index contributed by atoms with van der Waals surface area (Å²) < 4.78 is 5.99. The number of ether oxygens (including phenoxy) is 1. The maximum Gasteiger partial charge on any atom is 0.317 e. The van der Waals surface area contributed by atoms with Crippen molar-refractivity contribution in [1.29, 1.82) is 0 Å². The predicted octanol–water partition coefficient (Wildman–Crippen LogP) is 3.42. The minimum absolute atomic E-state index is 0.0930. The van der Waals surface area contributed by atoms with Crippen LogP contribution in [-0.4, -0.2) is 42.1 Å². The molecule has 1 N–H and O–H groups in total. The molecule has 0 saturated carbocycles. The molecule has 1 aromatic carbocycles. The Bertz CT molecular complexity index is 756. The van der Waals surface area contributed by atoms with Gasteiger partial charge in [0, 0.05) is 29.3 Å². The number of hydrogen-bond acceptors (Lipinski definition) is 4. The summed E-state index contributed by atoms with van der Waals surface area (Å²) in [4.78, 5) is 29.4. The van der Waals surface area contributed by atoms with Crippen LogP contribution in [0.25, 0.3) is 0 Å². The highest BCUT2D eigenvalue weighted by molar-refractivity contribution is 9.10. The molecule has 2 amide bonds. The van der Waals surface area contributed by atoms with E-state index in [4.69, 9.17) is 16.3 Å². The molecule has 6 nitrogen and oxygen atoms in total. The molecule has 2 aromatic rings. The van der Waals surface area contributed by atoms with E-state index >= 15 is 0 Å². The van der Waals surface area contributed by atoms with Crippen molar-refractivity contribution in [3.8, 4) is 0 Å². The van der Waals surface area contributed by atoms with Gasteiger partial charge in [-0.2, -0.15) is 0 Å². The first kappa shape index (κ1) is 20.2. The summed E-state index contributed by atoms with van der Waals surface area (Å²) in [5.41, 5.74) is 1.47. The van der Waals surface area contributed by atoms with Crippen LogP contribution in [0.2, 0.25) is 5.02 Å². The number of urea groups is 1. The number of carbonyl (C=O) groups is 2. The number of nitrogens with one attached hydrogen (secondary N) is 1. The number of rotatable bonds is 7. The van der Waals surface area contributed by atoms with E-state index in [0.29, 0.717) is 17.3 Å². The van der Waals surface area contributed by atoms with Crippen molar-refractivity contribution < 1.29 is 14.3 Å². The molecule has 2 rings (SSSR count). The number of hydrogen-bond donors (Lipinski definition) is 1. The third-order valence-corrected chi connectivity index (χ3v) is 4.38. The quantitative estimate of drug-likeness (QED) is 0.670. The molecule has 1 aromatic heterocycles. The summed E-state index contributed by atoms with van der Waals surface area (Å²) in [7, 11) is 1.63. The van der Waals surface area contributed by atoms with Crippen molar-refractivity contribution in [3.63, 3.8) is 0 Å². The second kappa shape index (κ2) is 10.1. The molecule has 0 unspecified atom stereocenters. The normalized spacial score (nSPS) is 10.3. The van der Waals surface area contributed by atoms with Gasteiger partial charge >= 0.3 is 12.0 Å². The molecule has 26 heavy (non-hydrogen) atoms. The average Bonchev–Trinajstić information content (AvgIpc) is 2.62. The van der Waals surface area contributed by atoms with Gasteiger partial charge in [-0.3, -0.25) is 9.78 Å². The van der Waals surface area contributed by atoms with E-state index < -0.39 is 0 Å². The Labute approximate surface area is 165 Å². The number of nitrogens with zero attached hydrogens (tertiary/aromatic N) is 2. The molecule has 0 radical (unpaired) electrons. The van der Waals surface area contributed by atoms with Gasteiger partial charge in [-0.05, 0) is 39.7 Å². The third-order valence-electron chi connectivity index (χ3n) is 3.54. The van der Waals surface area contributed by atoms with Gasteiger partial charge in [0.1, 0.15) is 6.61 Å². The van der Waals surface area contributed by atoms with Gasteiger partial charge in [-0.1, -0.05) is 29.8 Å². The maximum absolute atomic E-state index is 12.0. The van der Waals surface area contributed by atoms with Crippen molar-refractivity contribution in [1.82, 2.24) is 15.2 Å². The van der Waals surface area contributed by atoms with Crippen molar-refractivity contribution in [2.45, 2.75) is 13.0 Å². The topological polar surface area (TPSA) is 71.5 Å². The lowest BCUT2D eigenvalue weighted by molar-refractivity contribution is -0.143. The lowest BCUT2D eigenvalue weighted by Gasteiger charge is -2.18. The molecule has 0 saturated heterocycles. The van der Waals surface area contributed by atoms with Crippen LogP contribution in [-0.2, 0) is 22.5 Å². The van der Waals surface area contributed by atoms with Gasteiger partial charge in [0.25, 0.3) is 0 Å². The molecule has 8 heteroatoms. The van der Waals surface area contributed by atoms with E-state index in [2.05, 4.69) is 26.2 Å². The Morgan fingerprint density at radius 2 is 2.04 bits per heavy atom. The van der Waals surface area contributed by atoms with Gasteiger partial charge in [-0.25, -0.2) is 4.79 Å². The van der Waals surface area contributed by atoms with Crippen molar-refractivity contribution >= 4 is 39.5 Å². The fourth-order valence-corrected chi connectivity index (χ4v) is 2.49. The van der Waals surface area contributed by atoms with E-state index in [9.17, 15) is 9.59 Å². The van der Waals surface area contributed by atoms with Gasteiger partial charge in [-0.15, -0.1) is 0 Å². The largest absolute Gasteiger partial charge is 0.464 e. The monoisotopic (exact) mass is 439 g/mol. The third kappa shape index (κ3) is 6.65. The SMILES string of the molecule is CN(CCOC(=O)Cc1ccc(Br)cn1)C(=O)NCc1ccccc1Cl.